The van der Waals surface area contributed by atoms with Crippen LogP contribution in [0.5, 0.6) is 28.7 Å². The number of aromatic amines is 4. The molecule has 20 rings (SSSR count). The van der Waals surface area contributed by atoms with Crippen LogP contribution < -0.4 is 34.3 Å². The molecule has 786 valence electrons. The molecule has 149 heavy (non-hydrogen) atoms. The van der Waals surface area contributed by atoms with Gasteiger partial charge in [-0.25, -0.2) is 19.2 Å². The summed E-state index contributed by atoms with van der Waals surface area (Å²) < 4.78 is 46.1. The number of rotatable bonds is 29. The monoisotopic (exact) mass is 2140 g/mol. The number of piperidine rings is 1. The van der Waals surface area contributed by atoms with Crippen LogP contribution in [0, 0.1) is 5.92 Å². The topological polar surface area (TPSA) is 292 Å². The lowest BCUT2D eigenvalue weighted by molar-refractivity contribution is 0.0504. The maximum Gasteiger partial charge on any atom is 0.416 e. The van der Waals surface area contributed by atoms with Crippen LogP contribution in [0.1, 0.15) is 158 Å². The summed E-state index contributed by atoms with van der Waals surface area (Å²) in [6.07, 6.45) is 3.54. The van der Waals surface area contributed by atoms with Gasteiger partial charge in [-0.05, 0) is 282 Å². The Balaban J connectivity index is 0.000000136. The van der Waals surface area contributed by atoms with Gasteiger partial charge in [0.05, 0.1) is 26.4 Å². The number of likely N-dealkylation sites (tertiary alicyclic amines) is 1. The second-order valence-electron chi connectivity index (χ2n) is 39.3. The van der Waals surface area contributed by atoms with Crippen molar-refractivity contribution in [2.75, 3.05) is 139 Å². The average Bonchev–Trinajstić information content (AvgIpc) is 1.62. The number of aliphatic hydroxyl groups excluding tert-OH is 2. The number of hydrogen-bond acceptors (Lipinski definition) is 19. The largest absolute Gasteiger partial charge is 0.494 e. The van der Waals surface area contributed by atoms with Crippen LogP contribution in [0.25, 0.3) is 43.6 Å². The minimum absolute atomic E-state index is 0.111. The van der Waals surface area contributed by atoms with Crippen molar-refractivity contribution in [1.29, 1.82) is 0 Å². The van der Waals surface area contributed by atoms with Crippen molar-refractivity contribution in [2.45, 2.75) is 142 Å². The van der Waals surface area contributed by atoms with Crippen LogP contribution >= 0.6 is 69.6 Å². The molecule has 6 aliphatic rings. The summed E-state index contributed by atoms with van der Waals surface area (Å²) in [6, 6.07) is 68.4. The summed E-state index contributed by atoms with van der Waals surface area (Å²) in [6.45, 7) is 24.8. The van der Waals surface area contributed by atoms with Crippen molar-refractivity contribution in [3.05, 3.63) is 321 Å². The number of β-amino-alcohol motifs (C(OH)–C–C–N with tert-alkyl or cyclic N) is 1. The van der Waals surface area contributed by atoms with Gasteiger partial charge >= 0.3 is 24.4 Å². The number of carbonyl (C=O) groups is 4. The number of nitrogens with zero attached hydrogens (tertiary/aromatic N) is 7. The lowest BCUT2D eigenvalue weighted by Gasteiger charge is -2.35. The van der Waals surface area contributed by atoms with Crippen molar-refractivity contribution in [2.24, 2.45) is 5.92 Å². The summed E-state index contributed by atoms with van der Waals surface area (Å²) in [4.78, 5) is 80.9. The predicted molar refractivity (Wildman–Crippen MR) is 590 cm³/mol. The summed E-state index contributed by atoms with van der Waals surface area (Å²) in [5.41, 5.74) is 17.2. The van der Waals surface area contributed by atoms with Crippen molar-refractivity contribution < 1.29 is 67.3 Å². The lowest BCUT2D eigenvalue weighted by atomic mass is 9.92. The molecule has 0 radical (unpaired) electrons. The number of carbonyl (C=O) groups excluding carboxylic acids is 4. The Labute approximate surface area is 899 Å². The smallest absolute Gasteiger partial charge is 0.416 e. The third-order valence-corrected chi connectivity index (χ3v) is 29.6. The molecule has 2 saturated heterocycles. The van der Waals surface area contributed by atoms with Crippen molar-refractivity contribution >= 4 is 138 Å². The van der Waals surface area contributed by atoms with Crippen LogP contribution in [-0.2, 0) is 46.5 Å². The van der Waals surface area contributed by atoms with Gasteiger partial charge in [-0.15, -0.1) is 0 Å². The van der Waals surface area contributed by atoms with Crippen LogP contribution in [0.4, 0.5) is 19.2 Å². The molecular weight excluding hydrogens is 2010 g/mol. The zero-order valence-corrected chi connectivity index (χ0v) is 89.8. The molecule has 4 aromatic heterocycles. The number of amides is 4. The summed E-state index contributed by atoms with van der Waals surface area (Å²) in [5, 5.41) is 35.5. The van der Waals surface area contributed by atoms with E-state index >= 15 is 0 Å². The van der Waals surface area contributed by atoms with Crippen LogP contribution in [0.2, 0.25) is 30.1 Å². The summed E-state index contributed by atoms with van der Waals surface area (Å²) >= 11 is 37.5. The van der Waals surface area contributed by atoms with E-state index in [1.54, 1.807) is 49.9 Å². The van der Waals surface area contributed by atoms with E-state index in [-0.39, 0.29) is 62.3 Å². The number of H-pyrrole nitrogens is 4. The first-order valence-electron chi connectivity index (χ1n) is 51.5. The molecule has 0 aliphatic carbocycles. The number of aromatic nitrogens is 4. The number of ether oxygens (including phenoxy) is 8. The van der Waals surface area contributed by atoms with Crippen molar-refractivity contribution in [3.8, 4) is 28.7 Å². The Hall–Kier alpha value is -11.9. The standard InChI is InChI=1S/C32H33Cl2N3O3.C30H31Cl2N3O4.C28H35ClN4O4.C26H32ClN3O3/c1-36-15-4-5-21(18-36)19-39-25-11-8-22(9-12-25)31-30-26(27-17-24(33)10-13-29(27)35-30)14-16-37(31)32(38)40-20-23-6-2-3-7-28(23)34;1-18(2)33-16-22(36)17-38-23-8-3-19(4-9-23)29-28-25(26-15-21(32)7-12-27(26)34-28)13-14-35(29)30(37)39-24-10-5-20(31)6-11-24;1-3-36-28(35)33-11-10-23-24-16-20(29)6-9-25(24)30-26(23)27(33)19-4-7-22(8-5-19)37-18-21(34)17-32-14-12-31(2)13-15-32;1-4-32-26(31)30-14-12-21-22-16-19(27)8-11-23(22)29-24(21)25(30)18-6-9-20(10-7-18)33-15-5-13-28-17(2)3/h2-3,6-13,17,21,31,35H,4-5,14-16,18-20H2,1H3;3-12,15,18,22,29,33-34,36H,13-14,16-17H2,1-2H3;4-9,16,21,27,30,34H,3,10-15,17-18H2,1-2H3;6-11,16-17,25,28-29H,4-5,12-15H2,1-3H3. The van der Waals surface area contributed by atoms with Crippen LogP contribution in [-0.4, -0.2) is 252 Å². The van der Waals surface area contributed by atoms with E-state index in [1.165, 1.54) is 29.5 Å². The van der Waals surface area contributed by atoms with E-state index < -0.39 is 24.3 Å². The van der Waals surface area contributed by atoms with Gasteiger partial charge in [0.15, 0.2) is 0 Å². The number of hydrogen-bond donors (Lipinski definition) is 8. The Morgan fingerprint density at radius 3 is 1.18 bits per heavy atom. The van der Waals surface area contributed by atoms with E-state index in [0.717, 1.165) is 176 Å². The first-order chi connectivity index (χ1) is 72.1. The molecule has 6 aliphatic heterocycles. The molecule has 27 nitrogen and oxygen atoms in total. The Kier molecular flexibility index (Phi) is 36.9. The Bertz CT molecular complexity index is 6880. The average molecular weight is 2140 g/mol. The predicted octanol–water partition coefficient (Wildman–Crippen LogP) is 23.4. The second-order valence-corrected chi connectivity index (χ2v) is 41.9. The zero-order chi connectivity index (χ0) is 104. The molecule has 7 unspecified atom stereocenters. The minimum atomic E-state index is -0.621. The third kappa shape index (κ3) is 27.2. The van der Waals surface area contributed by atoms with E-state index in [2.05, 4.69) is 85.3 Å². The molecule has 10 aromatic carbocycles. The molecule has 33 heteroatoms. The first kappa shape index (κ1) is 108. The highest BCUT2D eigenvalue weighted by molar-refractivity contribution is 6.33. The Morgan fingerprint density at radius 2 is 0.779 bits per heavy atom. The lowest BCUT2D eigenvalue weighted by Crippen LogP contribution is -2.47. The highest BCUT2D eigenvalue weighted by atomic mass is 35.5. The van der Waals surface area contributed by atoms with Gasteiger partial charge in [0.25, 0.3) is 0 Å². The molecule has 4 amide bonds. The molecule has 7 atom stereocenters. The van der Waals surface area contributed by atoms with Crippen LogP contribution in [0.15, 0.2) is 218 Å². The number of fused-ring (bicyclic) bond motifs is 12. The van der Waals surface area contributed by atoms with Gasteiger partial charge in [-0.3, -0.25) is 24.5 Å². The summed E-state index contributed by atoms with van der Waals surface area (Å²) in [5.74, 6) is 3.95. The molecular formula is C116H131Cl6N13O14. The van der Waals surface area contributed by atoms with E-state index in [0.29, 0.717) is 138 Å². The second kappa shape index (κ2) is 50.8. The van der Waals surface area contributed by atoms with Gasteiger partial charge in [-0.2, -0.15) is 0 Å². The number of halogens is 6. The van der Waals surface area contributed by atoms with Crippen molar-refractivity contribution in [3.63, 3.8) is 0 Å². The number of nitrogens with one attached hydrogen (secondary N) is 6. The zero-order valence-electron chi connectivity index (χ0n) is 85.3. The molecule has 14 aromatic rings. The highest BCUT2D eigenvalue weighted by Crippen LogP contribution is 2.47. The van der Waals surface area contributed by atoms with Gasteiger partial charge in [-0.1, -0.05) is 164 Å². The molecule has 0 bridgehead atoms. The fraction of sp³-hybridized carbons (Fsp3) is 0.379. The van der Waals surface area contributed by atoms with Crippen molar-refractivity contribution in [1.82, 2.24) is 64.9 Å². The van der Waals surface area contributed by atoms with Gasteiger partial charge < -0.3 is 88.5 Å². The van der Waals surface area contributed by atoms with Gasteiger partial charge in [0, 0.05) is 192 Å². The number of piperazine rings is 1. The minimum Gasteiger partial charge on any atom is -0.494 e. The van der Waals surface area contributed by atoms with Gasteiger partial charge in [0.2, 0.25) is 0 Å². The molecule has 2 fully saturated rings. The highest BCUT2D eigenvalue weighted by Gasteiger charge is 2.42. The number of benzene rings is 10. The Morgan fingerprint density at radius 1 is 0.403 bits per heavy atom. The fourth-order valence-corrected chi connectivity index (χ4v) is 21.6. The summed E-state index contributed by atoms with van der Waals surface area (Å²) in [7, 11) is 4.29. The van der Waals surface area contributed by atoms with E-state index in [9.17, 15) is 29.4 Å². The molecule has 10 heterocycles. The van der Waals surface area contributed by atoms with E-state index in [4.69, 9.17) is 108 Å². The van der Waals surface area contributed by atoms with E-state index in [1.807, 2.05) is 204 Å². The maximum absolute atomic E-state index is 13.5. The first-order valence-corrected chi connectivity index (χ1v) is 53.7. The number of likely N-dealkylation sites (N-methyl/N-ethyl adjacent to an activating group) is 1. The third-order valence-electron chi connectivity index (χ3n) is 28.0. The number of aliphatic hydroxyl groups is 2. The SMILES string of the molecule is CC(C)NCC(O)COc1ccc(C2c3[nH]c4ccc(Cl)cc4c3CCN2C(=O)Oc2ccc(Cl)cc2)cc1.CCOC(=O)N1CCc2c([nH]c3ccc(Cl)cc23)C1c1ccc(OCC(O)CN2CCN(C)CC2)cc1.CCOC(=O)N1CCc2c([nH]c3ccc(Cl)cc23)C1c1ccc(OCCCNC(C)C)cc1.CN1CCCC(COc2ccc(C3c4[nH]c5ccc(Cl)cc5c4CCN3C(=O)OCc3ccccc3Cl)cc2)C1. The normalized spacial score (nSPS) is 17.7. The molecule has 0 saturated carbocycles. The quantitative estimate of drug-likeness (QED) is 0.0160. The molecule has 8 N–H and O–H groups in total. The fourth-order valence-electron chi connectivity index (χ4n) is 20.6. The van der Waals surface area contributed by atoms with Crippen LogP contribution in [0.3, 0.4) is 0 Å². The maximum atomic E-state index is 13.5. The molecule has 0 spiro atoms. The van der Waals surface area contributed by atoms with Gasteiger partial charge in [0.1, 0.15) is 84.9 Å².